The first-order chi connectivity index (χ1) is 12.1. The van der Waals surface area contributed by atoms with E-state index in [1.54, 1.807) is 0 Å². The highest BCUT2D eigenvalue weighted by Crippen LogP contribution is 2.28. The van der Waals surface area contributed by atoms with Gasteiger partial charge in [-0.1, -0.05) is 25.1 Å². The number of β-amino-alcohol motifs (C(OH)–C–C–N with tert-alkyl or cyclic N) is 1. The minimum atomic E-state index is -0.280. The standard InChI is InChI=1S/C20H31N3O2/c1-3-18-15-21(12-13-22(18)14-16(2)24)10-9-20(25)23-11-8-17-6-4-5-7-19(17)23/h4-7,16,18,24H,3,8-15H2,1-2H3. The van der Waals surface area contributed by atoms with E-state index in [0.717, 1.165) is 57.8 Å². The van der Waals surface area contributed by atoms with Crippen molar-refractivity contribution in [1.29, 1.82) is 0 Å². The maximum absolute atomic E-state index is 12.7. The van der Waals surface area contributed by atoms with Crippen LogP contribution in [0, 0.1) is 0 Å². The number of piperazine rings is 1. The summed E-state index contributed by atoms with van der Waals surface area (Å²) in [7, 11) is 0. The highest BCUT2D eigenvalue weighted by Gasteiger charge is 2.28. The number of rotatable bonds is 6. The third-order valence-electron chi connectivity index (χ3n) is 5.49. The van der Waals surface area contributed by atoms with Crippen LogP contribution in [-0.2, 0) is 11.2 Å². The van der Waals surface area contributed by atoms with Crippen molar-refractivity contribution in [3.8, 4) is 0 Å². The summed E-state index contributed by atoms with van der Waals surface area (Å²) in [6.07, 6.45) is 2.35. The molecule has 1 N–H and O–H groups in total. The monoisotopic (exact) mass is 345 g/mol. The second-order valence-corrected chi connectivity index (χ2v) is 7.38. The maximum atomic E-state index is 12.7. The molecule has 2 aliphatic rings. The number of hydrogen-bond donors (Lipinski definition) is 1. The van der Waals surface area contributed by atoms with Gasteiger partial charge in [-0.25, -0.2) is 0 Å². The van der Waals surface area contributed by atoms with Crippen molar-refractivity contribution < 1.29 is 9.90 Å². The van der Waals surface area contributed by atoms with Crippen molar-refractivity contribution in [2.75, 3.05) is 44.2 Å². The van der Waals surface area contributed by atoms with Gasteiger partial charge in [0.2, 0.25) is 5.91 Å². The summed E-state index contributed by atoms with van der Waals surface area (Å²) in [5.74, 6) is 0.240. The fourth-order valence-corrected chi connectivity index (χ4v) is 4.11. The maximum Gasteiger partial charge on any atom is 0.228 e. The molecule has 5 heteroatoms. The summed E-state index contributed by atoms with van der Waals surface area (Å²) in [4.78, 5) is 19.4. The van der Waals surface area contributed by atoms with E-state index in [0.29, 0.717) is 12.5 Å². The lowest BCUT2D eigenvalue weighted by Crippen LogP contribution is -2.54. The highest BCUT2D eigenvalue weighted by atomic mass is 16.3. The molecule has 0 aromatic heterocycles. The molecular weight excluding hydrogens is 314 g/mol. The van der Waals surface area contributed by atoms with E-state index in [2.05, 4.69) is 28.9 Å². The van der Waals surface area contributed by atoms with Crippen molar-refractivity contribution in [2.24, 2.45) is 0 Å². The zero-order valence-electron chi connectivity index (χ0n) is 15.5. The van der Waals surface area contributed by atoms with Crippen LogP contribution < -0.4 is 4.90 Å². The topological polar surface area (TPSA) is 47.0 Å². The van der Waals surface area contributed by atoms with Gasteiger partial charge in [-0.3, -0.25) is 14.6 Å². The Labute approximate surface area is 151 Å². The zero-order chi connectivity index (χ0) is 17.8. The molecule has 5 nitrogen and oxygen atoms in total. The van der Waals surface area contributed by atoms with Crippen LogP contribution >= 0.6 is 0 Å². The van der Waals surface area contributed by atoms with E-state index in [-0.39, 0.29) is 12.0 Å². The average molecular weight is 345 g/mol. The molecule has 2 aliphatic heterocycles. The Morgan fingerprint density at radius 1 is 1.28 bits per heavy atom. The van der Waals surface area contributed by atoms with Crippen LogP contribution in [0.5, 0.6) is 0 Å². The molecule has 0 saturated carbocycles. The number of carbonyl (C=O) groups excluding carboxylic acids is 1. The number of amides is 1. The van der Waals surface area contributed by atoms with Crippen molar-refractivity contribution in [3.05, 3.63) is 29.8 Å². The van der Waals surface area contributed by atoms with Gasteiger partial charge >= 0.3 is 0 Å². The van der Waals surface area contributed by atoms with Gasteiger partial charge in [0.05, 0.1) is 6.10 Å². The molecule has 3 rings (SSSR count). The Bertz CT molecular complexity index is 590. The smallest absolute Gasteiger partial charge is 0.228 e. The average Bonchev–Trinajstić information content (AvgIpc) is 3.04. The Balaban J connectivity index is 1.50. The van der Waals surface area contributed by atoms with Gasteiger partial charge in [0, 0.05) is 57.4 Å². The van der Waals surface area contributed by atoms with Gasteiger partial charge in [0.15, 0.2) is 0 Å². The number of benzene rings is 1. The minimum Gasteiger partial charge on any atom is -0.392 e. The van der Waals surface area contributed by atoms with Crippen LogP contribution in [0.1, 0.15) is 32.3 Å². The number of para-hydroxylation sites is 1. The SMILES string of the molecule is CCC1CN(CCC(=O)N2CCc3ccccc32)CCN1CC(C)O. The van der Waals surface area contributed by atoms with E-state index in [1.807, 2.05) is 24.0 Å². The van der Waals surface area contributed by atoms with Crippen LogP contribution in [0.3, 0.4) is 0 Å². The number of carbonyl (C=O) groups is 1. The number of aliphatic hydroxyl groups excluding tert-OH is 1. The van der Waals surface area contributed by atoms with Crippen LogP contribution in [0.2, 0.25) is 0 Å². The van der Waals surface area contributed by atoms with E-state index >= 15 is 0 Å². The molecule has 0 bridgehead atoms. The predicted octanol–water partition coefficient (Wildman–Crippen LogP) is 1.74. The summed E-state index contributed by atoms with van der Waals surface area (Å²) in [5, 5.41) is 9.66. The molecule has 1 saturated heterocycles. The van der Waals surface area contributed by atoms with E-state index in [4.69, 9.17) is 0 Å². The summed E-state index contributed by atoms with van der Waals surface area (Å²) in [6.45, 7) is 9.40. The Kier molecular flexibility index (Phi) is 6.10. The third-order valence-corrected chi connectivity index (χ3v) is 5.49. The van der Waals surface area contributed by atoms with Crippen molar-refractivity contribution in [3.63, 3.8) is 0 Å². The second-order valence-electron chi connectivity index (χ2n) is 7.38. The van der Waals surface area contributed by atoms with Gasteiger partial charge in [-0.2, -0.15) is 0 Å². The minimum absolute atomic E-state index is 0.240. The first-order valence-electron chi connectivity index (χ1n) is 9.61. The van der Waals surface area contributed by atoms with Crippen LogP contribution in [0.15, 0.2) is 24.3 Å². The molecule has 138 valence electrons. The molecule has 0 radical (unpaired) electrons. The fraction of sp³-hybridized carbons (Fsp3) is 0.650. The van der Waals surface area contributed by atoms with Crippen molar-refractivity contribution >= 4 is 11.6 Å². The Hall–Kier alpha value is -1.43. The molecule has 2 heterocycles. The first-order valence-corrected chi connectivity index (χ1v) is 9.61. The number of aliphatic hydroxyl groups is 1. The summed E-state index contributed by atoms with van der Waals surface area (Å²) in [5.41, 5.74) is 2.38. The van der Waals surface area contributed by atoms with Gasteiger partial charge < -0.3 is 10.0 Å². The van der Waals surface area contributed by atoms with Gasteiger partial charge in [-0.05, 0) is 31.4 Å². The molecule has 1 aromatic rings. The molecule has 1 amide bonds. The Morgan fingerprint density at radius 2 is 2.08 bits per heavy atom. The van der Waals surface area contributed by atoms with Gasteiger partial charge in [0.1, 0.15) is 0 Å². The van der Waals surface area contributed by atoms with E-state index in [9.17, 15) is 9.90 Å². The number of anilines is 1. The molecule has 0 aliphatic carbocycles. The molecule has 2 atom stereocenters. The zero-order valence-corrected chi connectivity index (χ0v) is 15.5. The molecule has 1 fully saturated rings. The predicted molar refractivity (Wildman–Crippen MR) is 101 cm³/mol. The first kappa shape index (κ1) is 18.4. The molecular formula is C20H31N3O2. The molecule has 25 heavy (non-hydrogen) atoms. The summed E-state index contributed by atoms with van der Waals surface area (Å²) in [6, 6.07) is 8.71. The number of hydrogen-bond acceptors (Lipinski definition) is 4. The molecule has 0 spiro atoms. The fourth-order valence-electron chi connectivity index (χ4n) is 4.11. The van der Waals surface area contributed by atoms with Crippen molar-refractivity contribution in [2.45, 2.75) is 45.3 Å². The number of nitrogens with zero attached hydrogens (tertiary/aromatic N) is 3. The largest absolute Gasteiger partial charge is 0.392 e. The highest BCUT2D eigenvalue weighted by molar-refractivity contribution is 5.95. The van der Waals surface area contributed by atoms with Gasteiger partial charge in [0.25, 0.3) is 0 Å². The summed E-state index contributed by atoms with van der Waals surface area (Å²) >= 11 is 0. The van der Waals surface area contributed by atoms with E-state index < -0.39 is 0 Å². The van der Waals surface area contributed by atoms with Crippen LogP contribution in [0.4, 0.5) is 5.69 Å². The normalized spacial score (nSPS) is 22.8. The number of fused-ring (bicyclic) bond motifs is 1. The molecule has 2 unspecified atom stereocenters. The summed E-state index contributed by atoms with van der Waals surface area (Å²) < 4.78 is 0. The van der Waals surface area contributed by atoms with Crippen LogP contribution in [-0.4, -0.2) is 72.2 Å². The lowest BCUT2D eigenvalue weighted by Gasteiger charge is -2.41. The third kappa shape index (κ3) is 4.40. The lowest BCUT2D eigenvalue weighted by molar-refractivity contribution is -0.119. The van der Waals surface area contributed by atoms with Gasteiger partial charge in [-0.15, -0.1) is 0 Å². The van der Waals surface area contributed by atoms with Crippen LogP contribution in [0.25, 0.3) is 0 Å². The van der Waals surface area contributed by atoms with E-state index in [1.165, 1.54) is 5.56 Å². The quantitative estimate of drug-likeness (QED) is 0.853. The van der Waals surface area contributed by atoms with Crippen molar-refractivity contribution in [1.82, 2.24) is 9.80 Å². The molecule has 1 aromatic carbocycles. The lowest BCUT2D eigenvalue weighted by atomic mass is 10.1. The second kappa shape index (κ2) is 8.30. The Morgan fingerprint density at radius 3 is 2.84 bits per heavy atom.